The Bertz CT molecular complexity index is 312. The number of Topliss-reactive ketones (excluding diaryl/α,β-unsaturated/α-hetero) is 2. The fraction of sp³-hybridized carbons (Fsp3) is 0.857. The van der Waals surface area contributed by atoms with E-state index in [1.807, 2.05) is 0 Å². The van der Waals surface area contributed by atoms with E-state index < -0.39 is 0 Å². The van der Waals surface area contributed by atoms with Crippen molar-refractivity contribution >= 4 is 11.6 Å². The topological polar surface area (TPSA) is 40.6 Å². The number of carbonyl (C=O) groups excluding carboxylic acids is 2. The zero-order valence-corrected chi connectivity index (χ0v) is 11.5. The molecule has 0 aromatic heterocycles. The maximum Gasteiger partial charge on any atom is 0.147 e. The summed E-state index contributed by atoms with van der Waals surface area (Å²) in [6.45, 7) is 5.42. The number of nitrogens with zero attached hydrogens (tertiary/aromatic N) is 2. The summed E-state index contributed by atoms with van der Waals surface area (Å²) in [5, 5.41) is 0. The van der Waals surface area contributed by atoms with Crippen LogP contribution in [0.25, 0.3) is 0 Å². The molecule has 2 saturated heterocycles. The standard InChI is InChI=1S/C14H24N2O2/c1-11(17)14(12-3-7-15(2)8-4-12)16-9-5-13(18)6-10-16/h12,14H,3-10H2,1-2H3. The first-order valence-electron chi connectivity index (χ1n) is 7.02. The first-order valence-corrected chi connectivity index (χ1v) is 7.02. The molecule has 0 aromatic carbocycles. The molecule has 2 fully saturated rings. The summed E-state index contributed by atoms with van der Waals surface area (Å²) in [5.74, 6) is 1.10. The van der Waals surface area contributed by atoms with Crippen molar-refractivity contribution in [3.63, 3.8) is 0 Å². The predicted molar refractivity (Wildman–Crippen MR) is 70.5 cm³/mol. The normalized spacial score (nSPS) is 26.2. The first-order chi connectivity index (χ1) is 8.58. The van der Waals surface area contributed by atoms with Crippen molar-refractivity contribution < 1.29 is 9.59 Å². The highest BCUT2D eigenvalue weighted by atomic mass is 16.1. The molecule has 0 N–H and O–H groups in total. The highest BCUT2D eigenvalue weighted by Crippen LogP contribution is 2.26. The molecule has 18 heavy (non-hydrogen) atoms. The number of hydrogen-bond acceptors (Lipinski definition) is 4. The van der Waals surface area contributed by atoms with Crippen LogP contribution in [0.15, 0.2) is 0 Å². The highest BCUT2D eigenvalue weighted by Gasteiger charge is 2.34. The molecule has 2 aliphatic rings. The van der Waals surface area contributed by atoms with E-state index in [-0.39, 0.29) is 11.8 Å². The van der Waals surface area contributed by atoms with Gasteiger partial charge in [0.15, 0.2) is 0 Å². The number of rotatable bonds is 3. The zero-order chi connectivity index (χ0) is 13.1. The molecule has 4 nitrogen and oxygen atoms in total. The number of piperidine rings is 2. The van der Waals surface area contributed by atoms with E-state index >= 15 is 0 Å². The van der Waals surface area contributed by atoms with Gasteiger partial charge in [0.25, 0.3) is 0 Å². The van der Waals surface area contributed by atoms with Crippen molar-refractivity contribution in [2.45, 2.75) is 38.6 Å². The number of hydrogen-bond donors (Lipinski definition) is 0. The maximum absolute atomic E-state index is 12.0. The lowest BCUT2D eigenvalue weighted by molar-refractivity contribution is -0.129. The molecule has 1 unspecified atom stereocenters. The number of ketones is 2. The van der Waals surface area contributed by atoms with Gasteiger partial charge in [-0.05, 0) is 45.8 Å². The van der Waals surface area contributed by atoms with E-state index in [2.05, 4.69) is 16.8 Å². The molecule has 0 bridgehead atoms. The van der Waals surface area contributed by atoms with E-state index in [0.29, 0.717) is 24.5 Å². The van der Waals surface area contributed by atoms with Crippen LogP contribution in [0.3, 0.4) is 0 Å². The van der Waals surface area contributed by atoms with Gasteiger partial charge >= 0.3 is 0 Å². The Kier molecular flexibility index (Phi) is 4.51. The van der Waals surface area contributed by atoms with Crippen molar-refractivity contribution in [1.82, 2.24) is 9.80 Å². The van der Waals surface area contributed by atoms with E-state index in [4.69, 9.17) is 0 Å². The predicted octanol–water partition coefficient (Wildman–Crippen LogP) is 0.951. The minimum atomic E-state index is 0.0480. The summed E-state index contributed by atoms with van der Waals surface area (Å²) in [6.07, 6.45) is 3.45. The molecular formula is C14H24N2O2. The van der Waals surface area contributed by atoms with Gasteiger partial charge < -0.3 is 4.90 Å². The van der Waals surface area contributed by atoms with Gasteiger partial charge in [-0.15, -0.1) is 0 Å². The molecule has 2 rings (SSSR count). The van der Waals surface area contributed by atoms with Gasteiger partial charge in [-0.25, -0.2) is 0 Å². The minimum Gasteiger partial charge on any atom is -0.306 e. The largest absolute Gasteiger partial charge is 0.306 e. The molecule has 2 aliphatic heterocycles. The van der Waals surface area contributed by atoms with Gasteiger partial charge in [-0.2, -0.15) is 0 Å². The second-order valence-corrected chi connectivity index (χ2v) is 5.77. The SMILES string of the molecule is CC(=O)C(C1CCN(C)CC1)N1CCC(=O)CC1. The first kappa shape index (κ1) is 13.7. The van der Waals surface area contributed by atoms with E-state index in [9.17, 15) is 9.59 Å². The molecule has 0 radical (unpaired) electrons. The van der Waals surface area contributed by atoms with Crippen LogP contribution in [0.4, 0.5) is 0 Å². The Hall–Kier alpha value is -0.740. The van der Waals surface area contributed by atoms with Crippen molar-refractivity contribution in [2.24, 2.45) is 5.92 Å². The van der Waals surface area contributed by atoms with E-state index in [1.54, 1.807) is 6.92 Å². The van der Waals surface area contributed by atoms with Crippen molar-refractivity contribution in [3.05, 3.63) is 0 Å². The molecule has 1 atom stereocenters. The van der Waals surface area contributed by atoms with Crippen LogP contribution in [0, 0.1) is 5.92 Å². The summed E-state index contributed by atoms with van der Waals surface area (Å²) in [7, 11) is 2.14. The molecular weight excluding hydrogens is 228 g/mol. The Balaban J connectivity index is 1.99. The lowest BCUT2D eigenvalue weighted by Crippen LogP contribution is -2.51. The third-order valence-electron chi connectivity index (χ3n) is 4.38. The Labute approximate surface area is 109 Å². The average Bonchev–Trinajstić information content (AvgIpc) is 2.34. The van der Waals surface area contributed by atoms with E-state index in [0.717, 1.165) is 39.0 Å². The van der Waals surface area contributed by atoms with Crippen LogP contribution in [-0.2, 0) is 9.59 Å². The second-order valence-electron chi connectivity index (χ2n) is 5.77. The van der Waals surface area contributed by atoms with E-state index in [1.165, 1.54) is 0 Å². The number of likely N-dealkylation sites (tertiary alicyclic amines) is 2. The van der Waals surface area contributed by atoms with Crippen molar-refractivity contribution in [1.29, 1.82) is 0 Å². The van der Waals surface area contributed by atoms with Gasteiger partial charge in [-0.1, -0.05) is 0 Å². The maximum atomic E-state index is 12.0. The highest BCUT2D eigenvalue weighted by molar-refractivity contribution is 5.83. The molecule has 0 spiro atoms. The summed E-state index contributed by atoms with van der Waals surface area (Å²) in [6, 6.07) is 0.0480. The van der Waals surface area contributed by atoms with Gasteiger partial charge in [0, 0.05) is 25.9 Å². The molecule has 4 heteroatoms. The van der Waals surface area contributed by atoms with Crippen molar-refractivity contribution in [2.75, 3.05) is 33.2 Å². The van der Waals surface area contributed by atoms with Gasteiger partial charge in [0.2, 0.25) is 0 Å². The van der Waals surface area contributed by atoms with Crippen LogP contribution < -0.4 is 0 Å². The van der Waals surface area contributed by atoms with Gasteiger partial charge in [-0.3, -0.25) is 14.5 Å². The molecule has 0 saturated carbocycles. The Morgan fingerprint density at radius 1 is 1.17 bits per heavy atom. The molecule has 102 valence electrons. The summed E-state index contributed by atoms with van der Waals surface area (Å²) in [5.41, 5.74) is 0. The zero-order valence-electron chi connectivity index (χ0n) is 11.5. The third kappa shape index (κ3) is 3.18. The average molecular weight is 252 g/mol. The fourth-order valence-corrected chi connectivity index (χ4v) is 3.28. The summed E-state index contributed by atoms with van der Waals surface area (Å²) >= 11 is 0. The smallest absolute Gasteiger partial charge is 0.147 e. The Morgan fingerprint density at radius 3 is 2.22 bits per heavy atom. The fourth-order valence-electron chi connectivity index (χ4n) is 3.28. The van der Waals surface area contributed by atoms with Crippen LogP contribution in [-0.4, -0.2) is 60.6 Å². The van der Waals surface area contributed by atoms with Gasteiger partial charge in [0.1, 0.15) is 11.6 Å². The third-order valence-corrected chi connectivity index (χ3v) is 4.38. The summed E-state index contributed by atoms with van der Waals surface area (Å²) < 4.78 is 0. The second kappa shape index (κ2) is 5.93. The van der Waals surface area contributed by atoms with Crippen LogP contribution in [0.1, 0.15) is 32.6 Å². The molecule has 0 aliphatic carbocycles. The minimum absolute atomic E-state index is 0.0480. The van der Waals surface area contributed by atoms with Crippen LogP contribution in [0.5, 0.6) is 0 Å². The Morgan fingerprint density at radius 2 is 1.72 bits per heavy atom. The molecule has 0 amide bonds. The van der Waals surface area contributed by atoms with Crippen molar-refractivity contribution in [3.8, 4) is 0 Å². The lowest BCUT2D eigenvalue weighted by atomic mass is 9.85. The van der Waals surface area contributed by atoms with Crippen LogP contribution in [0.2, 0.25) is 0 Å². The monoisotopic (exact) mass is 252 g/mol. The van der Waals surface area contributed by atoms with Gasteiger partial charge in [0.05, 0.1) is 6.04 Å². The quantitative estimate of drug-likeness (QED) is 0.750. The van der Waals surface area contributed by atoms with Crippen LogP contribution >= 0.6 is 0 Å². The molecule has 0 aromatic rings. The lowest BCUT2D eigenvalue weighted by Gasteiger charge is -2.40. The molecule has 2 heterocycles. The summed E-state index contributed by atoms with van der Waals surface area (Å²) in [4.78, 5) is 27.8. The number of carbonyl (C=O) groups is 2.